The SMILES string of the molecule is Sc1ccc(-c2ccc(C3C4=[N+]5C(=C(c6ccccc6)c6ccc7n6C56N5C(C=CC5C7c5ccc(-c7ccc(S)cc7)cc5)C(c5ccccc5)C5=[N+]6C3C=C5)C=C4)cc2)cc1. The van der Waals surface area contributed by atoms with Crippen LogP contribution in [0.5, 0.6) is 0 Å². The summed E-state index contributed by atoms with van der Waals surface area (Å²) < 4.78 is 8.41. The van der Waals surface area contributed by atoms with Gasteiger partial charge in [0.25, 0.3) is 0 Å². The highest BCUT2D eigenvalue weighted by Crippen LogP contribution is 2.61. The molecule has 0 bridgehead atoms. The van der Waals surface area contributed by atoms with Crippen LogP contribution in [0.25, 0.3) is 27.8 Å². The predicted molar refractivity (Wildman–Crippen MR) is 258 cm³/mol. The van der Waals surface area contributed by atoms with Gasteiger partial charge >= 0.3 is 5.91 Å². The van der Waals surface area contributed by atoms with E-state index in [1.165, 1.54) is 78.6 Å². The molecule has 7 aliphatic rings. The topological polar surface area (TPSA) is 14.2 Å². The number of aromatic nitrogens is 1. The second kappa shape index (κ2) is 13.3. The normalized spacial score (nSPS) is 26.5. The Morgan fingerprint density at radius 1 is 0.444 bits per heavy atom. The molecule has 1 spiro atoms. The van der Waals surface area contributed by atoms with Crippen molar-refractivity contribution in [2.75, 3.05) is 0 Å². The van der Waals surface area contributed by atoms with E-state index >= 15 is 0 Å². The Balaban J connectivity index is 1.04. The standard InChI is InChI=1S/C57H40N4S2/c62-43-23-19-37(20-24-43)35-11-15-41(16-12-35)55-49-31-27-45-53(39-7-3-1-4-8-39)46-28-32-50-56(42-17-13-36(14-18-42)38-21-25-44(63)26-22-38)52-34-30-48-54(40-9-5-2-6-10-40)47-29-33-51(55)60(47)57(58(45)49,59(46)50)61(48)52/h1-34,45,49-50,53,55-56H/p+2. The van der Waals surface area contributed by atoms with Gasteiger partial charge in [0.2, 0.25) is 11.4 Å². The third-order valence-electron chi connectivity index (χ3n) is 14.9. The zero-order valence-electron chi connectivity index (χ0n) is 34.3. The lowest BCUT2D eigenvalue weighted by molar-refractivity contribution is -0.897. The van der Waals surface area contributed by atoms with E-state index in [2.05, 4.69) is 250 Å². The van der Waals surface area contributed by atoms with E-state index in [9.17, 15) is 0 Å². The third kappa shape index (κ3) is 4.84. The van der Waals surface area contributed by atoms with Gasteiger partial charge in [0.05, 0.1) is 29.3 Å². The number of rotatable bonds is 6. The number of nitrogens with zero attached hydrogens (tertiary/aromatic N) is 4. The van der Waals surface area contributed by atoms with Crippen LogP contribution in [-0.4, -0.2) is 48.2 Å². The third-order valence-corrected chi connectivity index (χ3v) is 15.5. The molecule has 7 atom stereocenters. The highest BCUT2D eigenvalue weighted by atomic mass is 32.1. The van der Waals surface area contributed by atoms with Crippen LogP contribution in [0.1, 0.15) is 51.4 Å². The number of allylic oxidation sites excluding steroid dienone is 3. The molecule has 7 aliphatic heterocycles. The first-order chi connectivity index (χ1) is 31.1. The molecule has 300 valence electrons. The van der Waals surface area contributed by atoms with Gasteiger partial charge in [-0.2, -0.15) is 0 Å². The van der Waals surface area contributed by atoms with Crippen molar-refractivity contribution in [3.63, 3.8) is 0 Å². The van der Waals surface area contributed by atoms with E-state index < -0.39 is 5.91 Å². The van der Waals surface area contributed by atoms with Gasteiger partial charge in [0.15, 0.2) is 11.8 Å². The van der Waals surface area contributed by atoms with E-state index in [4.69, 9.17) is 0 Å². The van der Waals surface area contributed by atoms with Crippen LogP contribution in [0.2, 0.25) is 0 Å². The quantitative estimate of drug-likeness (QED) is 0.0967. The van der Waals surface area contributed by atoms with E-state index in [1.807, 2.05) is 0 Å². The summed E-state index contributed by atoms with van der Waals surface area (Å²) in [7, 11) is 0. The van der Waals surface area contributed by atoms with Gasteiger partial charge in [0.1, 0.15) is 5.92 Å². The van der Waals surface area contributed by atoms with Crippen molar-refractivity contribution in [1.82, 2.24) is 9.47 Å². The molecule has 4 nitrogen and oxygen atoms in total. The van der Waals surface area contributed by atoms with Crippen LogP contribution < -0.4 is 0 Å². The summed E-state index contributed by atoms with van der Waals surface area (Å²) >= 11 is 9.12. The van der Waals surface area contributed by atoms with Crippen molar-refractivity contribution in [1.29, 1.82) is 0 Å². The van der Waals surface area contributed by atoms with E-state index in [1.54, 1.807) is 0 Å². The number of hydrogen-bond donors (Lipinski definition) is 2. The molecule has 0 radical (unpaired) electrons. The highest BCUT2D eigenvalue weighted by Gasteiger charge is 2.81. The molecule has 6 heteroatoms. The second-order valence-electron chi connectivity index (χ2n) is 17.9. The minimum atomic E-state index is -0.662. The monoisotopic (exact) mass is 846 g/mol. The van der Waals surface area contributed by atoms with Crippen LogP contribution in [0.3, 0.4) is 0 Å². The molecule has 0 saturated carbocycles. The summed E-state index contributed by atoms with van der Waals surface area (Å²) in [6.45, 7) is 0. The molecule has 0 N–H and O–H groups in total. The molecule has 0 amide bonds. The molecular formula is C57H42N4S2+2. The summed E-state index contributed by atoms with van der Waals surface area (Å²) in [6.07, 6.45) is 15.0. The summed E-state index contributed by atoms with van der Waals surface area (Å²) in [5.41, 5.74) is 18.0. The Kier molecular flexibility index (Phi) is 7.61. The van der Waals surface area contributed by atoms with E-state index in [0.717, 1.165) is 9.79 Å². The molecule has 0 saturated heterocycles. The van der Waals surface area contributed by atoms with Gasteiger partial charge in [-0.3, -0.25) is 0 Å². The molecule has 63 heavy (non-hydrogen) atoms. The van der Waals surface area contributed by atoms with Gasteiger partial charge in [-0.25, -0.2) is 4.57 Å². The van der Waals surface area contributed by atoms with Crippen molar-refractivity contribution in [2.45, 2.75) is 51.6 Å². The molecule has 14 rings (SSSR count). The average molecular weight is 847 g/mol. The van der Waals surface area contributed by atoms with Crippen LogP contribution in [0.15, 0.2) is 222 Å². The molecule has 1 aromatic heterocycles. The Hall–Kier alpha value is -6.44. The summed E-state index contributed by atoms with van der Waals surface area (Å²) in [6, 6.07) is 63.3. The maximum absolute atomic E-state index is 4.56. The van der Waals surface area contributed by atoms with Crippen LogP contribution in [-0.2, 0) is 5.91 Å². The predicted octanol–water partition coefficient (Wildman–Crippen LogP) is 11.5. The molecule has 0 fully saturated rings. The average Bonchev–Trinajstić information content (AvgIpc) is 4.17. The zero-order chi connectivity index (χ0) is 41.6. The van der Waals surface area contributed by atoms with Gasteiger partial charge in [-0.05, 0) is 87.0 Å². The minimum absolute atomic E-state index is 0.0822. The molecular weight excluding hydrogens is 805 g/mol. The Morgan fingerprint density at radius 3 is 1.60 bits per heavy atom. The molecule has 6 aromatic carbocycles. The van der Waals surface area contributed by atoms with Crippen molar-refractivity contribution in [3.8, 4) is 22.3 Å². The van der Waals surface area contributed by atoms with Crippen LogP contribution in [0, 0.1) is 0 Å². The maximum Gasteiger partial charge on any atom is 0.522 e. The molecule has 8 heterocycles. The second-order valence-corrected chi connectivity index (χ2v) is 18.9. The first-order valence-corrected chi connectivity index (χ1v) is 23.0. The zero-order valence-corrected chi connectivity index (χ0v) is 36.1. The first kappa shape index (κ1) is 36.1. The van der Waals surface area contributed by atoms with Gasteiger partial charge in [-0.1, -0.05) is 150 Å². The van der Waals surface area contributed by atoms with Crippen molar-refractivity contribution >= 4 is 42.3 Å². The molecule has 7 aromatic rings. The number of thiol groups is 2. The fraction of sp³-hybridized carbons (Fsp3) is 0.123. The van der Waals surface area contributed by atoms with Gasteiger partial charge in [-0.15, -0.1) is 34.7 Å². The number of benzene rings is 6. The van der Waals surface area contributed by atoms with E-state index in [0.29, 0.717) is 0 Å². The first-order valence-electron chi connectivity index (χ1n) is 22.1. The molecule has 0 aliphatic carbocycles. The van der Waals surface area contributed by atoms with Gasteiger partial charge < -0.3 is 0 Å². The van der Waals surface area contributed by atoms with Crippen molar-refractivity contribution in [3.05, 3.63) is 246 Å². The lowest BCUT2D eigenvalue weighted by Crippen LogP contribution is -2.79. The highest BCUT2D eigenvalue weighted by molar-refractivity contribution is 7.80. The lowest BCUT2D eigenvalue weighted by atomic mass is 9.79. The summed E-state index contributed by atoms with van der Waals surface area (Å²) in [4.78, 5) is 4.87. The Bertz CT molecular complexity index is 3250. The van der Waals surface area contributed by atoms with Crippen LogP contribution in [0.4, 0.5) is 0 Å². The summed E-state index contributed by atoms with van der Waals surface area (Å²) in [5.74, 6) is -0.320. The minimum Gasteiger partial charge on any atom is -0.208 e. The fourth-order valence-corrected chi connectivity index (χ4v) is 12.8. The van der Waals surface area contributed by atoms with Gasteiger partial charge in [0, 0.05) is 39.6 Å². The maximum atomic E-state index is 4.56. The fourth-order valence-electron chi connectivity index (χ4n) is 12.5. The van der Waals surface area contributed by atoms with Crippen molar-refractivity contribution < 1.29 is 9.15 Å². The van der Waals surface area contributed by atoms with Crippen molar-refractivity contribution in [2.24, 2.45) is 0 Å². The smallest absolute Gasteiger partial charge is 0.208 e. The van der Waals surface area contributed by atoms with Crippen LogP contribution >= 0.6 is 25.3 Å². The Labute approximate surface area is 378 Å². The van der Waals surface area contributed by atoms with E-state index in [-0.39, 0.29) is 35.9 Å². The largest absolute Gasteiger partial charge is 0.522 e. The number of hydrogen-bond acceptors (Lipinski definition) is 3. The lowest BCUT2D eigenvalue weighted by Gasteiger charge is -2.54. The summed E-state index contributed by atoms with van der Waals surface area (Å²) in [5, 5.41) is 0. The molecule has 7 unspecified atom stereocenters. The Morgan fingerprint density at radius 2 is 0.984 bits per heavy atom.